The first-order valence-electron chi connectivity index (χ1n) is 9.44. The summed E-state index contributed by atoms with van der Waals surface area (Å²) in [6.45, 7) is 6.51. The Morgan fingerprint density at radius 3 is 2.62 bits per heavy atom. The topological polar surface area (TPSA) is 74.8 Å². The second-order valence-corrected chi connectivity index (χ2v) is 6.61. The van der Waals surface area contributed by atoms with Crippen molar-refractivity contribution in [2.45, 2.75) is 45.6 Å². The Labute approximate surface area is 155 Å². The Morgan fingerprint density at radius 1 is 1.31 bits per heavy atom. The van der Waals surface area contributed by atoms with Crippen molar-refractivity contribution in [1.29, 1.82) is 0 Å². The summed E-state index contributed by atoms with van der Waals surface area (Å²) >= 11 is 0. The van der Waals surface area contributed by atoms with Gasteiger partial charge in [0.1, 0.15) is 5.69 Å². The number of nitrogens with zero attached hydrogens (tertiary/aromatic N) is 3. The maximum absolute atomic E-state index is 12.4. The lowest BCUT2D eigenvalue weighted by Crippen LogP contribution is -2.46. The van der Waals surface area contributed by atoms with Gasteiger partial charge in [0, 0.05) is 32.7 Å². The predicted molar refractivity (Wildman–Crippen MR) is 101 cm³/mol. The third-order valence-electron chi connectivity index (χ3n) is 4.62. The van der Waals surface area contributed by atoms with E-state index in [1.807, 2.05) is 13.1 Å². The van der Waals surface area contributed by atoms with Crippen LogP contribution in [0.1, 0.15) is 50.0 Å². The first-order valence-corrected chi connectivity index (χ1v) is 9.44. The van der Waals surface area contributed by atoms with Crippen LogP contribution >= 0.6 is 0 Å². The number of nitrogens with one attached hydrogen (secondary N) is 1. The molecule has 7 nitrogen and oxygen atoms in total. The molecular formula is C19H30N4O3. The molecule has 1 N–H and O–H groups in total. The average molecular weight is 362 g/mol. The first kappa shape index (κ1) is 20.0. The standard InChI is InChI=1S/C19H30N4O3/c1-4-6-11-22(3)16-7-8-17(20-14-16)18(24)21-15-9-12-23(13-10-15)19(25)26-5-2/h7-8,14-15H,4-6,9-13H2,1-3H3,(H,21,24). The van der Waals surface area contributed by atoms with Gasteiger partial charge in [-0.3, -0.25) is 4.79 Å². The Kier molecular flexibility index (Phi) is 7.69. The molecule has 0 radical (unpaired) electrons. The van der Waals surface area contributed by atoms with Gasteiger partial charge in [-0.05, 0) is 38.3 Å². The number of carbonyl (C=O) groups excluding carboxylic acids is 2. The van der Waals surface area contributed by atoms with Crippen LogP contribution in [0.4, 0.5) is 10.5 Å². The Bertz CT molecular complexity index is 583. The van der Waals surface area contributed by atoms with Crippen LogP contribution in [0.15, 0.2) is 18.3 Å². The number of piperidine rings is 1. The number of unbranched alkanes of at least 4 members (excludes halogenated alkanes) is 1. The molecule has 1 fully saturated rings. The summed E-state index contributed by atoms with van der Waals surface area (Å²) in [6, 6.07) is 3.75. The molecule has 1 aromatic rings. The SMILES string of the molecule is CCCCN(C)c1ccc(C(=O)NC2CCN(C(=O)OCC)CC2)nc1. The highest BCUT2D eigenvalue weighted by atomic mass is 16.6. The smallest absolute Gasteiger partial charge is 0.409 e. The van der Waals surface area contributed by atoms with Crippen LogP contribution in [0.2, 0.25) is 0 Å². The van der Waals surface area contributed by atoms with Crippen LogP contribution in [0.3, 0.4) is 0 Å². The molecule has 7 heteroatoms. The molecule has 0 aromatic carbocycles. The molecule has 144 valence electrons. The van der Waals surface area contributed by atoms with Crippen LogP contribution < -0.4 is 10.2 Å². The van der Waals surface area contributed by atoms with E-state index in [1.165, 1.54) is 0 Å². The van der Waals surface area contributed by atoms with Crippen molar-refractivity contribution in [2.24, 2.45) is 0 Å². The number of likely N-dealkylation sites (tertiary alicyclic amines) is 1. The molecule has 1 aliphatic rings. The normalized spacial score (nSPS) is 14.8. The second kappa shape index (κ2) is 9.99. The fourth-order valence-corrected chi connectivity index (χ4v) is 2.95. The lowest BCUT2D eigenvalue weighted by atomic mass is 10.1. The molecule has 0 spiro atoms. The lowest BCUT2D eigenvalue weighted by Gasteiger charge is -2.31. The largest absolute Gasteiger partial charge is 0.450 e. The van der Waals surface area contributed by atoms with Crippen LogP contribution in [0.5, 0.6) is 0 Å². The van der Waals surface area contributed by atoms with Gasteiger partial charge in [-0.1, -0.05) is 13.3 Å². The molecule has 1 aliphatic heterocycles. The maximum Gasteiger partial charge on any atom is 0.409 e. The van der Waals surface area contributed by atoms with Gasteiger partial charge in [0.2, 0.25) is 0 Å². The number of amides is 2. The van der Waals surface area contributed by atoms with Gasteiger partial charge in [-0.2, -0.15) is 0 Å². The molecule has 0 unspecified atom stereocenters. The van der Waals surface area contributed by atoms with Gasteiger partial charge < -0.3 is 19.9 Å². The summed E-state index contributed by atoms with van der Waals surface area (Å²) in [5.41, 5.74) is 1.43. The minimum Gasteiger partial charge on any atom is -0.450 e. The zero-order chi connectivity index (χ0) is 18.9. The van der Waals surface area contributed by atoms with Crippen molar-refractivity contribution < 1.29 is 14.3 Å². The third-order valence-corrected chi connectivity index (χ3v) is 4.62. The summed E-state index contributed by atoms with van der Waals surface area (Å²) in [5, 5.41) is 3.02. The van der Waals surface area contributed by atoms with E-state index < -0.39 is 0 Å². The van der Waals surface area contributed by atoms with Gasteiger partial charge in [-0.25, -0.2) is 9.78 Å². The number of ether oxygens (including phenoxy) is 1. The monoisotopic (exact) mass is 362 g/mol. The van der Waals surface area contributed by atoms with E-state index in [0.717, 1.165) is 37.9 Å². The van der Waals surface area contributed by atoms with Crippen LogP contribution in [-0.4, -0.2) is 61.2 Å². The molecule has 1 aromatic heterocycles. The van der Waals surface area contributed by atoms with Crippen molar-refractivity contribution in [1.82, 2.24) is 15.2 Å². The van der Waals surface area contributed by atoms with Crippen LogP contribution in [-0.2, 0) is 4.74 Å². The number of pyridine rings is 1. The Morgan fingerprint density at radius 2 is 2.04 bits per heavy atom. The van der Waals surface area contributed by atoms with Crippen molar-refractivity contribution in [2.75, 3.05) is 38.2 Å². The van der Waals surface area contributed by atoms with E-state index in [1.54, 1.807) is 24.1 Å². The number of carbonyl (C=O) groups is 2. The second-order valence-electron chi connectivity index (χ2n) is 6.61. The average Bonchev–Trinajstić information content (AvgIpc) is 2.67. The molecule has 0 saturated carbocycles. The molecule has 0 aliphatic carbocycles. The summed E-state index contributed by atoms with van der Waals surface area (Å²) in [4.78, 5) is 32.2. The van der Waals surface area contributed by atoms with E-state index in [9.17, 15) is 9.59 Å². The van der Waals surface area contributed by atoms with E-state index in [-0.39, 0.29) is 18.0 Å². The zero-order valence-electron chi connectivity index (χ0n) is 16.0. The summed E-state index contributed by atoms with van der Waals surface area (Å²) in [7, 11) is 2.03. The molecule has 0 bridgehead atoms. The van der Waals surface area contributed by atoms with Crippen molar-refractivity contribution in [3.05, 3.63) is 24.0 Å². The highest BCUT2D eigenvalue weighted by Crippen LogP contribution is 2.14. The van der Waals surface area contributed by atoms with Gasteiger partial charge >= 0.3 is 6.09 Å². The summed E-state index contributed by atoms with van der Waals surface area (Å²) in [5.74, 6) is -0.164. The summed E-state index contributed by atoms with van der Waals surface area (Å²) < 4.78 is 5.01. The predicted octanol–water partition coefficient (Wildman–Crippen LogP) is 2.67. The fraction of sp³-hybridized carbons (Fsp3) is 0.632. The van der Waals surface area contributed by atoms with E-state index >= 15 is 0 Å². The van der Waals surface area contributed by atoms with Crippen molar-refractivity contribution in [3.63, 3.8) is 0 Å². The number of anilines is 1. The Hall–Kier alpha value is -2.31. The van der Waals surface area contributed by atoms with Crippen molar-refractivity contribution >= 4 is 17.7 Å². The zero-order valence-corrected chi connectivity index (χ0v) is 16.0. The van der Waals surface area contributed by atoms with Gasteiger partial charge in [0.05, 0.1) is 18.5 Å². The number of aromatic nitrogens is 1. The van der Waals surface area contributed by atoms with Gasteiger partial charge in [0.25, 0.3) is 5.91 Å². The van der Waals surface area contributed by atoms with Gasteiger partial charge in [0.15, 0.2) is 0 Å². The molecule has 2 rings (SSSR count). The number of hydrogen-bond acceptors (Lipinski definition) is 5. The molecule has 26 heavy (non-hydrogen) atoms. The summed E-state index contributed by atoms with van der Waals surface area (Å²) in [6.07, 6.45) is 5.19. The van der Waals surface area contributed by atoms with E-state index in [0.29, 0.717) is 25.4 Å². The number of hydrogen-bond donors (Lipinski definition) is 1. The highest BCUT2D eigenvalue weighted by Gasteiger charge is 2.25. The molecular weight excluding hydrogens is 332 g/mol. The van der Waals surface area contributed by atoms with Gasteiger partial charge in [-0.15, -0.1) is 0 Å². The lowest BCUT2D eigenvalue weighted by molar-refractivity contribution is 0.0856. The molecule has 0 atom stereocenters. The fourth-order valence-electron chi connectivity index (χ4n) is 2.95. The minimum absolute atomic E-state index is 0.0573. The Balaban J connectivity index is 1.82. The highest BCUT2D eigenvalue weighted by molar-refractivity contribution is 5.92. The van der Waals surface area contributed by atoms with Crippen LogP contribution in [0, 0.1) is 0 Å². The maximum atomic E-state index is 12.4. The minimum atomic E-state index is -0.276. The third kappa shape index (κ3) is 5.61. The first-order chi connectivity index (χ1) is 12.5. The van der Waals surface area contributed by atoms with Crippen LogP contribution in [0.25, 0.3) is 0 Å². The van der Waals surface area contributed by atoms with Crippen molar-refractivity contribution in [3.8, 4) is 0 Å². The quantitative estimate of drug-likeness (QED) is 0.807. The van der Waals surface area contributed by atoms with E-state index in [2.05, 4.69) is 22.1 Å². The number of rotatable bonds is 7. The molecule has 2 heterocycles. The van der Waals surface area contributed by atoms with E-state index in [4.69, 9.17) is 4.74 Å². The molecule has 2 amide bonds. The molecule has 1 saturated heterocycles.